The van der Waals surface area contributed by atoms with Crippen LogP contribution in [0.4, 0.5) is 11.6 Å². The molecule has 4 aromatic rings. The molecule has 0 aliphatic carbocycles. The molecular formula is C23H19N5OS. The number of para-hydroxylation sites is 2. The number of hydrogen-bond acceptors (Lipinski definition) is 5. The maximum absolute atomic E-state index is 11.9. The van der Waals surface area contributed by atoms with Gasteiger partial charge in [0, 0.05) is 12.5 Å². The Hall–Kier alpha value is -3.84. The van der Waals surface area contributed by atoms with Crippen LogP contribution in [0.15, 0.2) is 91.0 Å². The number of benzene rings is 3. The molecule has 1 aromatic heterocycles. The second-order valence-electron chi connectivity index (χ2n) is 6.53. The van der Waals surface area contributed by atoms with Gasteiger partial charge in [0.25, 0.3) is 5.95 Å². The van der Waals surface area contributed by atoms with Crippen molar-refractivity contribution in [2.24, 2.45) is 0 Å². The van der Waals surface area contributed by atoms with Gasteiger partial charge in [0.1, 0.15) is 0 Å². The summed E-state index contributed by atoms with van der Waals surface area (Å²) in [6, 6.07) is 29.2. The minimum atomic E-state index is -0.236. The molecule has 0 aliphatic heterocycles. The van der Waals surface area contributed by atoms with E-state index in [9.17, 15) is 4.79 Å². The van der Waals surface area contributed by atoms with Gasteiger partial charge in [-0.3, -0.25) is 14.8 Å². The van der Waals surface area contributed by atoms with Crippen LogP contribution in [0.3, 0.4) is 0 Å². The average Bonchev–Trinajstić information content (AvgIpc) is 3.24. The molecule has 0 radical (unpaired) electrons. The van der Waals surface area contributed by atoms with E-state index >= 15 is 0 Å². The number of anilines is 2. The Bertz CT molecular complexity index is 1160. The molecule has 0 fully saturated rings. The van der Waals surface area contributed by atoms with Crippen molar-refractivity contribution in [3.63, 3.8) is 0 Å². The van der Waals surface area contributed by atoms with Gasteiger partial charge >= 0.3 is 0 Å². The quantitative estimate of drug-likeness (QED) is 0.371. The van der Waals surface area contributed by atoms with Gasteiger partial charge in [-0.15, -0.1) is 10.2 Å². The maximum atomic E-state index is 11.9. The van der Waals surface area contributed by atoms with Crippen molar-refractivity contribution in [1.29, 1.82) is 0 Å². The zero-order valence-corrected chi connectivity index (χ0v) is 17.1. The fourth-order valence-corrected chi connectivity index (χ4v) is 3.09. The second kappa shape index (κ2) is 8.67. The Balaban J connectivity index is 1.92. The van der Waals surface area contributed by atoms with E-state index in [4.69, 9.17) is 12.2 Å². The van der Waals surface area contributed by atoms with Crippen molar-refractivity contribution in [1.82, 2.24) is 20.2 Å². The molecule has 0 spiro atoms. The first-order valence-corrected chi connectivity index (χ1v) is 9.79. The normalized spacial score (nSPS) is 10.4. The van der Waals surface area contributed by atoms with Gasteiger partial charge in [-0.05, 0) is 24.3 Å². The van der Waals surface area contributed by atoms with Crippen molar-refractivity contribution >= 4 is 34.6 Å². The van der Waals surface area contributed by atoms with Gasteiger partial charge < -0.3 is 0 Å². The van der Waals surface area contributed by atoms with Crippen molar-refractivity contribution in [3.05, 3.63) is 91.0 Å². The smallest absolute Gasteiger partial charge is 0.255 e. The van der Waals surface area contributed by atoms with E-state index in [1.165, 1.54) is 6.92 Å². The summed E-state index contributed by atoms with van der Waals surface area (Å²) in [5, 5.41) is 10.6. The van der Waals surface area contributed by atoms with Crippen molar-refractivity contribution < 1.29 is 4.79 Å². The molecule has 30 heavy (non-hydrogen) atoms. The fourth-order valence-electron chi connectivity index (χ4n) is 3.00. The summed E-state index contributed by atoms with van der Waals surface area (Å²) >= 11 is 5.25. The molecule has 1 heterocycles. The summed E-state index contributed by atoms with van der Waals surface area (Å²) in [5.74, 6) is 0.920. The highest BCUT2D eigenvalue weighted by atomic mass is 32.1. The molecule has 0 aliphatic rings. The SMILES string of the molecule is CC(=O)C(=S)NN(c1ccccc1)c1nnc(-c2ccccc2)n1-c1ccccc1. The topological polar surface area (TPSA) is 63.1 Å². The van der Waals surface area contributed by atoms with Crippen LogP contribution < -0.4 is 10.4 Å². The first-order chi connectivity index (χ1) is 14.6. The van der Waals surface area contributed by atoms with Gasteiger partial charge in [0.15, 0.2) is 16.6 Å². The lowest BCUT2D eigenvalue weighted by Crippen LogP contribution is -2.42. The van der Waals surface area contributed by atoms with Gasteiger partial charge in [-0.25, -0.2) is 5.01 Å². The Morgan fingerprint density at radius 2 is 1.43 bits per heavy atom. The number of carbonyl (C=O) groups is 1. The molecule has 0 bridgehead atoms. The molecule has 0 atom stereocenters. The first-order valence-electron chi connectivity index (χ1n) is 9.38. The predicted octanol–water partition coefficient (Wildman–Crippen LogP) is 4.49. The third kappa shape index (κ3) is 3.97. The summed E-state index contributed by atoms with van der Waals surface area (Å²) < 4.78 is 1.93. The number of hydrazine groups is 1. The van der Waals surface area contributed by atoms with Gasteiger partial charge in [-0.1, -0.05) is 78.9 Å². The molecule has 6 nitrogen and oxygen atoms in total. The lowest BCUT2D eigenvalue weighted by molar-refractivity contribution is -0.111. The number of aromatic nitrogens is 3. The Labute approximate surface area is 179 Å². The summed E-state index contributed by atoms with van der Waals surface area (Å²) in [6.45, 7) is 1.43. The molecule has 7 heteroatoms. The zero-order valence-electron chi connectivity index (χ0n) is 16.3. The standard InChI is InChI=1S/C23H19N5OS/c1-17(29)22(30)26-28(20-15-9-4-10-16-20)23-25-24-21(18-11-5-2-6-12-18)27(23)19-13-7-3-8-14-19/h2-16H,1H3,(H,26,30). The average molecular weight is 414 g/mol. The van der Waals surface area contributed by atoms with Crippen LogP contribution in [0, 0.1) is 0 Å². The van der Waals surface area contributed by atoms with Gasteiger partial charge in [-0.2, -0.15) is 0 Å². The summed E-state index contributed by atoms with van der Waals surface area (Å²) in [6.07, 6.45) is 0. The highest BCUT2D eigenvalue weighted by Crippen LogP contribution is 2.30. The third-order valence-electron chi connectivity index (χ3n) is 4.44. The van der Waals surface area contributed by atoms with Crippen LogP contribution >= 0.6 is 12.2 Å². The molecular weight excluding hydrogens is 394 g/mol. The predicted molar refractivity (Wildman–Crippen MR) is 122 cm³/mol. The number of ketones is 1. The summed E-state index contributed by atoms with van der Waals surface area (Å²) in [4.78, 5) is 11.9. The Kier molecular flexibility index (Phi) is 5.63. The molecule has 0 amide bonds. The summed E-state index contributed by atoms with van der Waals surface area (Å²) in [5.41, 5.74) is 5.59. The van der Waals surface area contributed by atoms with Crippen LogP contribution in [0.5, 0.6) is 0 Å². The van der Waals surface area contributed by atoms with Crippen LogP contribution in [-0.2, 0) is 4.79 Å². The number of nitrogens with one attached hydrogen (secondary N) is 1. The number of Topliss-reactive ketones (excluding diaryl/α,β-unsaturated/α-hetero) is 1. The molecule has 4 rings (SSSR count). The van der Waals surface area contributed by atoms with Crippen LogP contribution in [0.1, 0.15) is 6.92 Å². The summed E-state index contributed by atoms with van der Waals surface area (Å²) in [7, 11) is 0. The van der Waals surface area contributed by atoms with Crippen LogP contribution in [-0.4, -0.2) is 25.5 Å². The minimum Gasteiger partial charge on any atom is -0.292 e. The van der Waals surface area contributed by atoms with Gasteiger partial charge in [0.2, 0.25) is 0 Å². The van der Waals surface area contributed by atoms with Gasteiger partial charge in [0.05, 0.1) is 11.4 Å². The number of thiocarbonyl (C=S) groups is 1. The molecule has 3 aromatic carbocycles. The number of nitrogens with zero attached hydrogens (tertiary/aromatic N) is 4. The Morgan fingerprint density at radius 3 is 2.03 bits per heavy atom. The van der Waals surface area contributed by atoms with E-state index in [1.54, 1.807) is 5.01 Å². The van der Waals surface area contributed by atoms with E-state index in [-0.39, 0.29) is 10.8 Å². The van der Waals surface area contributed by atoms with Crippen LogP contribution in [0.25, 0.3) is 17.1 Å². The van der Waals surface area contributed by atoms with Crippen molar-refractivity contribution in [3.8, 4) is 17.1 Å². The van der Waals surface area contributed by atoms with E-state index in [0.717, 1.165) is 16.9 Å². The molecule has 0 saturated carbocycles. The first kappa shape index (κ1) is 19.5. The second-order valence-corrected chi connectivity index (χ2v) is 6.94. The molecule has 148 valence electrons. The zero-order chi connectivity index (χ0) is 20.9. The minimum absolute atomic E-state index is 0.0859. The highest BCUT2D eigenvalue weighted by molar-refractivity contribution is 7.82. The van der Waals surface area contributed by atoms with E-state index in [1.807, 2.05) is 95.6 Å². The monoisotopic (exact) mass is 413 g/mol. The van der Waals surface area contributed by atoms with Crippen molar-refractivity contribution in [2.75, 3.05) is 5.01 Å². The lowest BCUT2D eigenvalue weighted by Gasteiger charge is -2.25. The molecule has 1 N–H and O–H groups in total. The van der Waals surface area contributed by atoms with Crippen molar-refractivity contribution in [2.45, 2.75) is 6.92 Å². The fraction of sp³-hybridized carbons (Fsp3) is 0.0435. The number of rotatable bonds is 6. The number of carbonyl (C=O) groups excluding carboxylic acids is 1. The molecule has 0 saturated heterocycles. The van der Waals surface area contributed by atoms with E-state index in [2.05, 4.69) is 15.6 Å². The van der Waals surface area contributed by atoms with E-state index < -0.39 is 0 Å². The third-order valence-corrected chi connectivity index (χ3v) is 4.82. The number of hydrogen-bond donors (Lipinski definition) is 1. The maximum Gasteiger partial charge on any atom is 0.255 e. The highest BCUT2D eigenvalue weighted by Gasteiger charge is 2.23. The lowest BCUT2D eigenvalue weighted by atomic mass is 10.2. The van der Waals surface area contributed by atoms with Crippen LogP contribution in [0.2, 0.25) is 0 Å². The van der Waals surface area contributed by atoms with E-state index in [0.29, 0.717) is 11.8 Å². The molecule has 0 unspecified atom stereocenters. The Morgan fingerprint density at radius 1 is 0.867 bits per heavy atom. The largest absolute Gasteiger partial charge is 0.292 e.